The van der Waals surface area contributed by atoms with Crippen LogP contribution in [-0.2, 0) is 11.2 Å². The predicted molar refractivity (Wildman–Crippen MR) is 103 cm³/mol. The van der Waals surface area contributed by atoms with Gasteiger partial charge in [0.25, 0.3) is 17.4 Å². The number of carbonyl (C=O) groups excluding carboxylic acids is 2. The average molecular weight is 384 g/mol. The van der Waals surface area contributed by atoms with E-state index in [9.17, 15) is 14.4 Å². The standard InChI is InChI=1S/C20H24N4O4/c1-2-15-6-3-4-7-17(15)28-14-19(26)23-10-5-11-24(13-12-23)20(27)16-8-9-18(25)22-21-16/h3-4,6-9H,2,5,10-14H2,1H3,(H,22,25). The van der Waals surface area contributed by atoms with Crippen LogP contribution in [0.3, 0.4) is 0 Å². The predicted octanol–water partition coefficient (Wildman–Crippen LogP) is 1.09. The molecule has 1 fully saturated rings. The summed E-state index contributed by atoms with van der Waals surface area (Å²) in [7, 11) is 0. The Kier molecular flexibility index (Phi) is 6.41. The van der Waals surface area contributed by atoms with E-state index in [0.29, 0.717) is 32.6 Å². The smallest absolute Gasteiger partial charge is 0.274 e. The summed E-state index contributed by atoms with van der Waals surface area (Å²) in [6.07, 6.45) is 1.51. The van der Waals surface area contributed by atoms with Gasteiger partial charge in [-0.3, -0.25) is 14.4 Å². The molecule has 1 aromatic carbocycles. The highest BCUT2D eigenvalue weighted by Gasteiger charge is 2.24. The second-order valence-electron chi connectivity index (χ2n) is 6.58. The lowest BCUT2D eigenvalue weighted by molar-refractivity contribution is -0.133. The van der Waals surface area contributed by atoms with Crippen LogP contribution in [0.15, 0.2) is 41.2 Å². The van der Waals surface area contributed by atoms with Crippen LogP contribution in [0.5, 0.6) is 5.75 Å². The van der Waals surface area contributed by atoms with Crippen molar-refractivity contribution in [3.8, 4) is 5.75 Å². The maximum atomic E-state index is 12.6. The number of para-hydroxylation sites is 1. The fourth-order valence-electron chi connectivity index (χ4n) is 3.16. The Balaban J connectivity index is 1.55. The normalized spacial score (nSPS) is 14.5. The lowest BCUT2D eigenvalue weighted by Crippen LogP contribution is -2.39. The van der Waals surface area contributed by atoms with Gasteiger partial charge in [0.15, 0.2) is 6.61 Å². The van der Waals surface area contributed by atoms with Crippen molar-refractivity contribution in [1.29, 1.82) is 0 Å². The maximum Gasteiger partial charge on any atom is 0.274 e. The van der Waals surface area contributed by atoms with Crippen molar-refractivity contribution >= 4 is 11.8 Å². The molecule has 2 heterocycles. The van der Waals surface area contributed by atoms with Gasteiger partial charge in [-0.2, -0.15) is 5.10 Å². The number of nitrogens with zero attached hydrogens (tertiary/aromatic N) is 3. The van der Waals surface area contributed by atoms with Crippen molar-refractivity contribution in [2.24, 2.45) is 0 Å². The van der Waals surface area contributed by atoms with Crippen molar-refractivity contribution in [1.82, 2.24) is 20.0 Å². The Labute approximate surface area is 163 Å². The van der Waals surface area contributed by atoms with Gasteiger partial charge in [-0.15, -0.1) is 0 Å². The first-order chi connectivity index (χ1) is 13.6. The first-order valence-electron chi connectivity index (χ1n) is 9.42. The molecule has 3 rings (SSSR count). The molecule has 1 aliphatic rings. The number of ether oxygens (including phenoxy) is 1. The van der Waals surface area contributed by atoms with Crippen LogP contribution in [0.1, 0.15) is 29.4 Å². The summed E-state index contributed by atoms with van der Waals surface area (Å²) in [4.78, 5) is 39.6. The van der Waals surface area contributed by atoms with E-state index in [-0.39, 0.29) is 29.7 Å². The molecule has 1 aliphatic heterocycles. The highest BCUT2D eigenvalue weighted by Crippen LogP contribution is 2.18. The van der Waals surface area contributed by atoms with Crippen molar-refractivity contribution < 1.29 is 14.3 Å². The number of hydrogen-bond donors (Lipinski definition) is 1. The van der Waals surface area contributed by atoms with Crippen molar-refractivity contribution in [2.45, 2.75) is 19.8 Å². The van der Waals surface area contributed by atoms with Gasteiger partial charge >= 0.3 is 0 Å². The molecule has 1 aromatic heterocycles. The van der Waals surface area contributed by atoms with Gasteiger partial charge < -0.3 is 14.5 Å². The summed E-state index contributed by atoms with van der Waals surface area (Å²) in [6, 6.07) is 10.4. The molecule has 1 saturated heterocycles. The molecular weight excluding hydrogens is 360 g/mol. The second kappa shape index (κ2) is 9.16. The SMILES string of the molecule is CCc1ccccc1OCC(=O)N1CCCN(C(=O)c2ccc(=O)[nH]n2)CC1. The van der Waals surface area contributed by atoms with Crippen LogP contribution in [-0.4, -0.2) is 64.6 Å². The van der Waals surface area contributed by atoms with E-state index in [0.717, 1.165) is 17.7 Å². The third kappa shape index (κ3) is 4.76. The quantitative estimate of drug-likeness (QED) is 0.832. The van der Waals surface area contributed by atoms with Crippen molar-refractivity contribution in [3.05, 3.63) is 58.0 Å². The van der Waals surface area contributed by atoms with Gasteiger partial charge in [-0.05, 0) is 30.5 Å². The van der Waals surface area contributed by atoms with Crippen LogP contribution < -0.4 is 10.3 Å². The molecule has 1 N–H and O–H groups in total. The van der Waals surface area contributed by atoms with Gasteiger partial charge in [0, 0.05) is 32.2 Å². The molecule has 0 aliphatic carbocycles. The van der Waals surface area contributed by atoms with Crippen molar-refractivity contribution in [3.63, 3.8) is 0 Å². The fraction of sp³-hybridized carbons (Fsp3) is 0.400. The summed E-state index contributed by atoms with van der Waals surface area (Å²) in [5.41, 5.74) is 0.907. The van der Waals surface area contributed by atoms with E-state index in [4.69, 9.17) is 4.74 Å². The van der Waals surface area contributed by atoms with Crippen LogP contribution in [0.4, 0.5) is 0 Å². The Hall–Kier alpha value is -3.16. The summed E-state index contributed by atoms with van der Waals surface area (Å²) in [5, 5.41) is 6.06. The van der Waals surface area contributed by atoms with Crippen LogP contribution >= 0.6 is 0 Å². The number of aromatic nitrogens is 2. The lowest BCUT2D eigenvalue weighted by atomic mass is 10.1. The Morgan fingerprint density at radius 1 is 1.07 bits per heavy atom. The third-order valence-electron chi connectivity index (χ3n) is 4.74. The van der Waals surface area contributed by atoms with Crippen LogP contribution in [0.2, 0.25) is 0 Å². The van der Waals surface area contributed by atoms with Gasteiger partial charge in [0.1, 0.15) is 11.4 Å². The number of nitrogens with one attached hydrogen (secondary N) is 1. The number of benzene rings is 1. The van der Waals surface area contributed by atoms with Crippen molar-refractivity contribution in [2.75, 3.05) is 32.8 Å². The third-order valence-corrected chi connectivity index (χ3v) is 4.74. The Bertz CT molecular complexity index is 875. The molecule has 0 spiro atoms. The first-order valence-corrected chi connectivity index (χ1v) is 9.42. The van der Waals surface area contributed by atoms with Gasteiger partial charge in [0.05, 0.1) is 0 Å². The van der Waals surface area contributed by atoms with E-state index in [1.165, 1.54) is 12.1 Å². The van der Waals surface area contributed by atoms with Crippen LogP contribution in [0.25, 0.3) is 0 Å². The topological polar surface area (TPSA) is 95.6 Å². The minimum atomic E-state index is -0.353. The molecule has 8 nitrogen and oxygen atoms in total. The number of hydrogen-bond acceptors (Lipinski definition) is 5. The number of aromatic amines is 1. The van der Waals surface area contributed by atoms with Gasteiger partial charge in [0.2, 0.25) is 0 Å². The number of carbonyl (C=O) groups is 2. The highest BCUT2D eigenvalue weighted by molar-refractivity contribution is 5.92. The molecule has 2 aromatic rings. The summed E-state index contributed by atoms with van der Waals surface area (Å²) >= 11 is 0. The molecule has 0 atom stereocenters. The first kappa shape index (κ1) is 19.6. The Morgan fingerprint density at radius 2 is 1.82 bits per heavy atom. The Morgan fingerprint density at radius 3 is 2.57 bits per heavy atom. The minimum absolute atomic E-state index is 0.0214. The van der Waals surface area contributed by atoms with E-state index < -0.39 is 0 Å². The average Bonchev–Trinajstić information content (AvgIpc) is 2.98. The minimum Gasteiger partial charge on any atom is -0.483 e. The molecule has 0 bridgehead atoms. The lowest BCUT2D eigenvalue weighted by Gasteiger charge is -2.22. The molecule has 28 heavy (non-hydrogen) atoms. The van der Waals surface area contributed by atoms with E-state index >= 15 is 0 Å². The maximum absolute atomic E-state index is 12.6. The summed E-state index contributed by atoms with van der Waals surface area (Å²) < 4.78 is 5.72. The number of H-pyrrole nitrogens is 1. The molecule has 148 valence electrons. The number of amides is 2. The molecule has 8 heteroatoms. The number of rotatable bonds is 5. The van der Waals surface area contributed by atoms with Gasteiger partial charge in [-0.1, -0.05) is 25.1 Å². The summed E-state index contributed by atoms with van der Waals surface area (Å²) in [6.45, 7) is 3.97. The zero-order valence-corrected chi connectivity index (χ0v) is 15.9. The largest absolute Gasteiger partial charge is 0.483 e. The monoisotopic (exact) mass is 384 g/mol. The van der Waals surface area contributed by atoms with Gasteiger partial charge in [-0.25, -0.2) is 5.10 Å². The molecule has 0 radical (unpaired) electrons. The van der Waals surface area contributed by atoms with E-state index in [2.05, 4.69) is 10.2 Å². The summed E-state index contributed by atoms with van der Waals surface area (Å²) in [5.74, 6) is 0.384. The molecule has 2 amide bonds. The fourth-order valence-corrected chi connectivity index (χ4v) is 3.16. The van der Waals surface area contributed by atoms with Crippen LogP contribution in [0, 0.1) is 0 Å². The van der Waals surface area contributed by atoms with E-state index in [1.54, 1.807) is 9.80 Å². The second-order valence-corrected chi connectivity index (χ2v) is 6.58. The zero-order chi connectivity index (χ0) is 19.9. The zero-order valence-electron chi connectivity index (χ0n) is 15.9. The van der Waals surface area contributed by atoms with E-state index in [1.807, 2.05) is 31.2 Å². The highest BCUT2D eigenvalue weighted by atomic mass is 16.5. The molecular formula is C20H24N4O4. The molecule has 0 saturated carbocycles. The number of aryl methyl sites for hydroxylation is 1. The molecule has 0 unspecified atom stereocenters.